The van der Waals surface area contributed by atoms with E-state index in [2.05, 4.69) is 74.9 Å². The zero-order chi connectivity index (χ0) is 23.1. The number of pyridine rings is 1. The van der Waals surface area contributed by atoms with Gasteiger partial charge in [0.1, 0.15) is 5.82 Å². The highest BCUT2D eigenvalue weighted by atomic mass is 79.9. The number of benzene rings is 1. The molecule has 174 valence electrons. The Kier molecular flexibility index (Phi) is 5.70. The van der Waals surface area contributed by atoms with Gasteiger partial charge in [-0.1, -0.05) is 38.7 Å². The summed E-state index contributed by atoms with van der Waals surface area (Å²) in [5, 5.41) is 23.3. The summed E-state index contributed by atoms with van der Waals surface area (Å²) in [6, 6.07) is 9.06. The van der Waals surface area contributed by atoms with Crippen molar-refractivity contribution >= 4 is 39.4 Å². The van der Waals surface area contributed by atoms with E-state index in [9.17, 15) is 0 Å². The van der Waals surface area contributed by atoms with Gasteiger partial charge in [0, 0.05) is 35.7 Å². The highest BCUT2D eigenvalue weighted by Gasteiger charge is 2.26. The second-order valence-electron chi connectivity index (χ2n) is 8.76. The third-order valence-corrected chi connectivity index (χ3v) is 7.37. The van der Waals surface area contributed by atoms with Crippen LogP contribution in [0.15, 0.2) is 45.5 Å². The summed E-state index contributed by atoms with van der Waals surface area (Å²) in [4.78, 5) is 6.66. The normalized spacial score (nSPS) is 18.3. The third kappa shape index (κ3) is 4.27. The first kappa shape index (κ1) is 21.5. The molecule has 1 aliphatic carbocycles. The number of hydrogen-bond donors (Lipinski definition) is 2. The minimum atomic E-state index is 0.286. The van der Waals surface area contributed by atoms with Gasteiger partial charge in [0.25, 0.3) is 5.89 Å². The van der Waals surface area contributed by atoms with Gasteiger partial charge < -0.3 is 14.6 Å². The van der Waals surface area contributed by atoms with Crippen molar-refractivity contribution in [1.29, 1.82) is 0 Å². The molecule has 0 saturated carbocycles. The first-order valence-corrected chi connectivity index (χ1v) is 12.4. The molecule has 0 bridgehead atoms. The molecule has 4 heterocycles. The first-order valence-electron chi connectivity index (χ1n) is 11.3. The molecule has 1 unspecified atom stereocenters. The zero-order valence-electron chi connectivity index (χ0n) is 18.2. The maximum Gasteiger partial charge on any atom is 0.318 e. The number of anilines is 2. The summed E-state index contributed by atoms with van der Waals surface area (Å²) in [5.41, 5.74) is 4.36. The Morgan fingerprint density at radius 1 is 1.09 bits per heavy atom. The number of fused-ring (bicyclic) bond motifs is 1. The molecule has 1 atom stereocenters. The lowest BCUT2D eigenvalue weighted by Crippen LogP contribution is -2.33. The van der Waals surface area contributed by atoms with Crippen molar-refractivity contribution in [3.05, 3.63) is 63.0 Å². The Labute approximate surface area is 209 Å². The van der Waals surface area contributed by atoms with Crippen LogP contribution in [0.2, 0.25) is 5.02 Å². The lowest BCUT2D eigenvalue weighted by molar-refractivity contribution is 0.456. The number of hydrogen-bond acceptors (Lipinski definition) is 8. The molecular weight excluding hydrogens is 520 g/mol. The molecule has 34 heavy (non-hydrogen) atoms. The monoisotopic (exact) mass is 540 g/mol. The van der Waals surface area contributed by atoms with Crippen molar-refractivity contribution in [1.82, 2.24) is 30.6 Å². The van der Waals surface area contributed by atoms with Gasteiger partial charge in [0.15, 0.2) is 0 Å². The summed E-state index contributed by atoms with van der Waals surface area (Å²) in [5.74, 6) is 1.50. The van der Waals surface area contributed by atoms with E-state index < -0.39 is 0 Å². The zero-order valence-corrected chi connectivity index (χ0v) is 20.6. The second-order valence-corrected chi connectivity index (χ2v) is 10.1. The number of nitrogens with zero attached hydrogens (tertiary/aromatic N) is 6. The fourth-order valence-electron chi connectivity index (χ4n) is 4.79. The average Bonchev–Trinajstić information content (AvgIpc) is 3.60. The number of piperidine rings is 1. The number of halogens is 2. The Bertz CT molecular complexity index is 1300. The Morgan fingerprint density at radius 3 is 2.74 bits per heavy atom. The standard InChI is InChI=1S/C23H22BrClN8O/c24-16-2-1-14-8-17(9-15(14)7-16)28-21-10-19(25)18(11-26-21)22-30-31-23(34-22)33-5-3-13(4-6-33)20-12-27-32-29-20/h1-2,7,10-13,17H,3-6,8-9H2,(H,26,28)(H,27,29,32). The van der Waals surface area contributed by atoms with Crippen LogP contribution in [-0.4, -0.2) is 49.7 Å². The minimum absolute atomic E-state index is 0.286. The van der Waals surface area contributed by atoms with E-state index in [1.54, 1.807) is 12.4 Å². The van der Waals surface area contributed by atoms with Gasteiger partial charge in [-0.15, -0.1) is 5.10 Å². The first-order chi connectivity index (χ1) is 16.6. The number of aromatic nitrogens is 6. The summed E-state index contributed by atoms with van der Waals surface area (Å²) < 4.78 is 7.07. The average molecular weight is 542 g/mol. The predicted octanol–water partition coefficient (Wildman–Crippen LogP) is 4.63. The number of rotatable bonds is 5. The van der Waals surface area contributed by atoms with Crippen LogP contribution in [0.3, 0.4) is 0 Å². The molecule has 0 spiro atoms. The van der Waals surface area contributed by atoms with Crippen molar-refractivity contribution < 1.29 is 4.42 Å². The SMILES string of the molecule is Clc1cc(NC2Cc3ccc(Br)cc3C2)ncc1-c1nnc(N2CCC(c3cn[nH]n3)CC2)o1. The number of nitrogens with one attached hydrogen (secondary N) is 2. The van der Waals surface area contributed by atoms with Gasteiger partial charge >= 0.3 is 6.01 Å². The van der Waals surface area contributed by atoms with Crippen LogP contribution in [0.1, 0.15) is 35.6 Å². The van der Waals surface area contributed by atoms with E-state index in [0.717, 1.165) is 54.8 Å². The topological polar surface area (TPSA) is 109 Å². The molecule has 1 saturated heterocycles. The molecule has 0 amide bonds. The Balaban J connectivity index is 1.11. The maximum atomic E-state index is 6.59. The van der Waals surface area contributed by atoms with Crippen LogP contribution in [0, 0.1) is 0 Å². The smallest absolute Gasteiger partial charge is 0.318 e. The fraction of sp³-hybridized carbons (Fsp3) is 0.348. The fourth-order valence-corrected chi connectivity index (χ4v) is 5.43. The van der Waals surface area contributed by atoms with E-state index >= 15 is 0 Å². The van der Waals surface area contributed by atoms with E-state index in [-0.39, 0.29) is 6.04 Å². The van der Waals surface area contributed by atoms with Crippen molar-refractivity contribution in [3.63, 3.8) is 0 Å². The lowest BCUT2D eigenvalue weighted by atomic mass is 9.94. The van der Waals surface area contributed by atoms with E-state index in [1.165, 1.54) is 11.1 Å². The molecule has 4 aromatic rings. The van der Waals surface area contributed by atoms with Crippen LogP contribution in [-0.2, 0) is 12.8 Å². The quantitative estimate of drug-likeness (QED) is 0.376. The van der Waals surface area contributed by atoms with Gasteiger partial charge in [-0.2, -0.15) is 15.4 Å². The van der Waals surface area contributed by atoms with E-state index in [0.29, 0.717) is 28.4 Å². The summed E-state index contributed by atoms with van der Waals surface area (Å²) in [7, 11) is 0. The maximum absolute atomic E-state index is 6.59. The molecule has 1 aliphatic heterocycles. The van der Waals surface area contributed by atoms with E-state index in [4.69, 9.17) is 16.0 Å². The second kappa shape index (κ2) is 8.99. The predicted molar refractivity (Wildman–Crippen MR) is 132 cm³/mol. The molecule has 2 N–H and O–H groups in total. The molecule has 1 fully saturated rings. The molecule has 6 rings (SSSR count). The number of H-pyrrole nitrogens is 1. The molecular formula is C23H22BrClN8O. The largest absolute Gasteiger partial charge is 0.403 e. The van der Waals surface area contributed by atoms with E-state index in [1.807, 2.05) is 6.07 Å². The summed E-state index contributed by atoms with van der Waals surface area (Å²) in [6.07, 6.45) is 7.31. The van der Waals surface area contributed by atoms with Gasteiger partial charge in [0.05, 0.1) is 22.5 Å². The molecule has 2 aliphatic rings. The number of aromatic amines is 1. The molecule has 1 aromatic carbocycles. The highest BCUT2D eigenvalue weighted by molar-refractivity contribution is 9.10. The van der Waals surface area contributed by atoms with Crippen molar-refractivity contribution in [2.24, 2.45) is 0 Å². The van der Waals surface area contributed by atoms with Crippen LogP contribution in [0.25, 0.3) is 11.5 Å². The third-order valence-electron chi connectivity index (χ3n) is 6.57. The molecule has 9 nitrogen and oxygen atoms in total. The van der Waals surface area contributed by atoms with Gasteiger partial charge in [-0.05, 0) is 55.0 Å². The molecule has 11 heteroatoms. The Morgan fingerprint density at radius 2 is 1.94 bits per heavy atom. The highest BCUT2D eigenvalue weighted by Crippen LogP contribution is 2.33. The van der Waals surface area contributed by atoms with Gasteiger partial charge in [-0.25, -0.2) is 4.98 Å². The minimum Gasteiger partial charge on any atom is -0.403 e. The van der Waals surface area contributed by atoms with Crippen molar-refractivity contribution in [3.8, 4) is 11.5 Å². The molecule has 0 radical (unpaired) electrons. The summed E-state index contributed by atoms with van der Waals surface area (Å²) in [6.45, 7) is 1.63. The van der Waals surface area contributed by atoms with Crippen molar-refractivity contribution in [2.45, 2.75) is 37.6 Å². The van der Waals surface area contributed by atoms with Crippen molar-refractivity contribution in [2.75, 3.05) is 23.3 Å². The van der Waals surface area contributed by atoms with Gasteiger partial charge in [0.2, 0.25) is 0 Å². The van der Waals surface area contributed by atoms with Crippen LogP contribution >= 0.6 is 27.5 Å². The molecule has 3 aromatic heterocycles. The van der Waals surface area contributed by atoms with Crippen LogP contribution < -0.4 is 10.2 Å². The van der Waals surface area contributed by atoms with Crippen LogP contribution in [0.4, 0.5) is 11.8 Å². The Hall–Kier alpha value is -2.98. The lowest BCUT2D eigenvalue weighted by Gasteiger charge is -2.29. The van der Waals surface area contributed by atoms with Gasteiger partial charge in [-0.3, -0.25) is 0 Å². The summed E-state index contributed by atoms with van der Waals surface area (Å²) >= 11 is 10.1. The van der Waals surface area contributed by atoms with Crippen LogP contribution in [0.5, 0.6) is 0 Å².